The zero-order valence-electron chi connectivity index (χ0n) is 12.6. The van der Waals surface area contributed by atoms with E-state index in [1.165, 1.54) is 0 Å². The third-order valence-corrected chi connectivity index (χ3v) is 3.55. The number of carbonyl (C=O) groups excluding carboxylic acids is 1. The number of anilines is 2. The van der Waals surface area contributed by atoms with Gasteiger partial charge in [0.25, 0.3) is 5.89 Å². The largest absolute Gasteiger partial charge is 0.375 e. The number of hydrogen-bond donors (Lipinski definition) is 1. The summed E-state index contributed by atoms with van der Waals surface area (Å²) in [6.45, 7) is 3.27. The molecule has 1 aromatic carbocycles. The number of ether oxygens (including phenoxy) is 1. The molecule has 2 heterocycles. The number of methoxy groups -OCH3 is 1. The number of carbonyl (C=O) groups is 1. The van der Waals surface area contributed by atoms with E-state index in [1.54, 1.807) is 7.11 Å². The molecule has 7 nitrogen and oxygen atoms in total. The second kappa shape index (κ2) is 6.15. The van der Waals surface area contributed by atoms with Gasteiger partial charge >= 0.3 is 0 Å². The van der Waals surface area contributed by atoms with E-state index < -0.39 is 0 Å². The molecule has 0 aliphatic carbocycles. The highest BCUT2D eigenvalue weighted by Crippen LogP contribution is 2.30. The lowest BCUT2D eigenvalue weighted by molar-refractivity contribution is -0.119. The summed E-state index contributed by atoms with van der Waals surface area (Å²) < 4.78 is 10.1. The summed E-state index contributed by atoms with van der Waals surface area (Å²) in [5.74, 6) is 0.909. The van der Waals surface area contributed by atoms with Gasteiger partial charge in [-0.15, -0.1) is 0 Å². The molecule has 1 N–H and O–H groups in total. The molecule has 1 aliphatic heterocycles. The van der Waals surface area contributed by atoms with Crippen LogP contribution in [-0.2, 0) is 22.7 Å². The second-order valence-corrected chi connectivity index (χ2v) is 5.33. The molecule has 1 atom stereocenters. The number of fused-ring (bicyclic) bond motifs is 1. The number of nitrogens with one attached hydrogen (secondary N) is 1. The van der Waals surface area contributed by atoms with Crippen LogP contribution in [0.25, 0.3) is 0 Å². The molecule has 2 aromatic rings. The molecule has 0 radical (unpaired) electrons. The van der Waals surface area contributed by atoms with Gasteiger partial charge in [-0.1, -0.05) is 24.2 Å². The topological polar surface area (TPSA) is 80.5 Å². The molecule has 0 bridgehead atoms. The van der Waals surface area contributed by atoms with Crippen LogP contribution in [0.2, 0.25) is 0 Å². The van der Waals surface area contributed by atoms with Crippen molar-refractivity contribution in [3.05, 3.63) is 36.0 Å². The number of rotatable bonds is 4. The molecule has 0 spiro atoms. The number of nitrogens with zero attached hydrogens (tertiary/aromatic N) is 3. The van der Waals surface area contributed by atoms with Crippen molar-refractivity contribution in [2.75, 3.05) is 23.9 Å². The second-order valence-electron chi connectivity index (χ2n) is 5.33. The van der Waals surface area contributed by atoms with Crippen molar-refractivity contribution in [3.8, 4) is 0 Å². The molecular weight excluding hydrogens is 284 g/mol. The summed E-state index contributed by atoms with van der Waals surface area (Å²) in [4.78, 5) is 18.4. The van der Waals surface area contributed by atoms with E-state index in [2.05, 4.69) is 20.4 Å². The van der Waals surface area contributed by atoms with Crippen LogP contribution in [0.15, 0.2) is 28.8 Å². The standard InChI is InChI=1S/C15H18N4O3/c1-10-7-19(8-13-17-14(9-21-2)22-18-13)12-6-4-3-5-11(12)16-15(10)20/h3-6,10H,7-9H2,1-2H3,(H,16,20). The third kappa shape index (κ3) is 2.94. The van der Waals surface area contributed by atoms with Gasteiger partial charge in [-0.25, -0.2) is 0 Å². The smallest absolute Gasteiger partial charge is 0.252 e. The quantitative estimate of drug-likeness (QED) is 0.927. The molecule has 116 valence electrons. The Bertz CT molecular complexity index is 670. The fourth-order valence-electron chi connectivity index (χ4n) is 2.48. The van der Waals surface area contributed by atoms with Crippen LogP contribution in [0, 0.1) is 5.92 Å². The van der Waals surface area contributed by atoms with Gasteiger partial charge in [-0.05, 0) is 12.1 Å². The molecule has 1 amide bonds. The monoisotopic (exact) mass is 302 g/mol. The SMILES string of the molecule is COCc1nc(CN2CC(C)C(=O)Nc3ccccc32)no1. The maximum Gasteiger partial charge on any atom is 0.252 e. The van der Waals surface area contributed by atoms with Crippen molar-refractivity contribution in [2.45, 2.75) is 20.1 Å². The Morgan fingerprint density at radius 1 is 1.45 bits per heavy atom. The minimum Gasteiger partial charge on any atom is -0.375 e. The fourth-order valence-corrected chi connectivity index (χ4v) is 2.48. The molecule has 0 saturated carbocycles. The summed E-state index contributed by atoms with van der Waals surface area (Å²) in [5.41, 5.74) is 1.76. The Balaban J connectivity index is 1.86. The Morgan fingerprint density at radius 2 is 2.27 bits per heavy atom. The fraction of sp³-hybridized carbons (Fsp3) is 0.400. The van der Waals surface area contributed by atoms with Gasteiger partial charge in [0.2, 0.25) is 5.91 Å². The maximum absolute atomic E-state index is 12.1. The van der Waals surface area contributed by atoms with Crippen molar-refractivity contribution in [3.63, 3.8) is 0 Å². The van der Waals surface area contributed by atoms with Gasteiger partial charge in [0.15, 0.2) is 5.82 Å². The van der Waals surface area contributed by atoms with Gasteiger partial charge in [-0.2, -0.15) is 4.98 Å². The zero-order chi connectivity index (χ0) is 15.5. The molecule has 1 aliphatic rings. The molecule has 3 rings (SSSR count). The molecule has 1 unspecified atom stereocenters. The van der Waals surface area contributed by atoms with Crippen molar-refractivity contribution in [1.29, 1.82) is 0 Å². The highest BCUT2D eigenvalue weighted by molar-refractivity contribution is 5.97. The van der Waals surface area contributed by atoms with Gasteiger partial charge in [0, 0.05) is 13.7 Å². The average Bonchev–Trinajstić information content (AvgIpc) is 2.90. The lowest BCUT2D eigenvalue weighted by Crippen LogP contribution is -2.30. The zero-order valence-corrected chi connectivity index (χ0v) is 12.6. The summed E-state index contributed by atoms with van der Waals surface area (Å²) >= 11 is 0. The van der Waals surface area contributed by atoms with E-state index in [4.69, 9.17) is 9.26 Å². The number of benzene rings is 1. The first-order valence-corrected chi connectivity index (χ1v) is 7.12. The molecule has 0 saturated heterocycles. The lowest BCUT2D eigenvalue weighted by Gasteiger charge is -2.23. The van der Waals surface area contributed by atoms with E-state index in [9.17, 15) is 4.79 Å². The minimum absolute atomic E-state index is 0.0168. The first-order valence-electron chi connectivity index (χ1n) is 7.12. The van der Waals surface area contributed by atoms with Crippen LogP contribution in [0.5, 0.6) is 0 Å². The first-order chi connectivity index (χ1) is 10.7. The van der Waals surface area contributed by atoms with Crippen molar-refractivity contribution in [1.82, 2.24) is 10.1 Å². The van der Waals surface area contributed by atoms with Gasteiger partial charge in [0.05, 0.1) is 23.8 Å². The van der Waals surface area contributed by atoms with E-state index in [0.717, 1.165) is 11.4 Å². The summed E-state index contributed by atoms with van der Waals surface area (Å²) in [6, 6.07) is 7.72. The predicted octanol–water partition coefficient (Wildman–Crippen LogP) is 1.81. The highest BCUT2D eigenvalue weighted by Gasteiger charge is 2.25. The molecule has 1 aromatic heterocycles. The van der Waals surface area contributed by atoms with Gasteiger partial charge in [0.1, 0.15) is 6.61 Å². The van der Waals surface area contributed by atoms with Crippen LogP contribution in [0.1, 0.15) is 18.6 Å². The molecular formula is C15H18N4O3. The molecule has 22 heavy (non-hydrogen) atoms. The maximum atomic E-state index is 12.1. The third-order valence-electron chi connectivity index (χ3n) is 3.55. The van der Waals surface area contributed by atoms with Crippen LogP contribution >= 0.6 is 0 Å². The van der Waals surface area contributed by atoms with Crippen molar-refractivity contribution < 1.29 is 14.1 Å². The van der Waals surface area contributed by atoms with Crippen molar-refractivity contribution >= 4 is 17.3 Å². The van der Waals surface area contributed by atoms with E-state index >= 15 is 0 Å². The van der Waals surface area contributed by atoms with Gasteiger partial charge in [-0.3, -0.25) is 4.79 Å². The summed E-state index contributed by atoms with van der Waals surface area (Å²) in [7, 11) is 1.58. The normalized spacial score (nSPS) is 17.8. The number of amides is 1. The number of para-hydroxylation sites is 2. The van der Waals surface area contributed by atoms with Gasteiger partial charge < -0.3 is 19.5 Å². The van der Waals surface area contributed by atoms with Crippen LogP contribution < -0.4 is 10.2 Å². The van der Waals surface area contributed by atoms with E-state index in [1.807, 2.05) is 31.2 Å². The number of hydrogen-bond acceptors (Lipinski definition) is 6. The Labute approximate surface area is 128 Å². The first kappa shape index (κ1) is 14.5. The number of aromatic nitrogens is 2. The minimum atomic E-state index is -0.127. The van der Waals surface area contributed by atoms with Crippen LogP contribution in [0.3, 0.4) is 0 Å². The highest BCUT2D eigenvalue weighted by atomic mass is 16.5. The van der Waals surface area contributed by atoms with E-state index in [0.29, 0.717) is 31.4 Å². The average molecular weight is 302 g/mol. The Kier molecular flexibility index (Phi) is 4.06. The van der Waals surface area contributed by atoms with E-state index in [-0.39, 0.29) is 11.8 Å². The summed E-state index contributed by atoms with van der Waals surface area (Å²) in [6.07, 6.45) is 0. The predicted molar refractivity (Wildman–Crippen MR) is 80.3 cm³/mol. The van der Waals surface area contributed by atoms with Crippen LogP contribution in [0.4, 0.5) is 11.4 Å². The van der Waals surface area contributed by atoms with Crippen molar-refractivity contribution in [2.24, 2.45) is 5.92 Å². The molecule has 0 fully saturated rings. The Hall–Kier alpha value is -2.41. The lowest BCUT2D eigenvalue weighted by atomic mass is 10.1. The summed E-state index contributed by atoms with van der Waals surface area (Å²) in [5, 5.41) is 6.91. The molecule has 7 heteroatoms. The van der Waals surface area contributed by atoms with Crippen LogP contribution in [-0.4, -0.2) is 29.7 Å². The Morgan fingerprint density at radius 3 is 3.09 bits per heavy atom.